The maximum absolute atomic E-state index is 13.6. The van der Waals surface area contributed by atoms with Crippen LogP contribution in [0.1, 0.15) is 202 Å². The van der Waals surface area contributed by atoms with E-state index in [0.29, 0.717) is 12.8 Å². The molecule has 0 aromatic heterocycles. The number of rotatable bonds is 60. The van der Waals surface area contributed by atoms with Crippen molar-refractivity contribution in [2.45, 2.75) is 490 Å². The van der Waals surface area contributed by atoms with Crippen LogP contribution in [-0.2, 0) is 104 Å². The van der Waals surface area contributed by atoms with Gasteiger partial charge >= 0.3 is 0 Å². The van der Waals surface area contributed by atoms with Crippen molar-refractivity contribution in [1.82, 2.24) is 21.3 Å². The van der Waals surface area contributed by atoms with Crippen LogP contribution in [0.3, 0.4) is 0 Å². The molecule has 9 aliphatic heterocycles. The number of carbonyl (C=O) groups is 4. The third-order valence-corrected chi connectivity index (χ3v) is 27.9. The van der Waals surface area contributed by atoms with Crippen LogP contribution in [0.2, 0.25) is 0 Å². The highest BCUT2D eigenvalue weighted by molar-refractivity contribution is 5.76. The van der Waals surface area contributed by atoms with Crippen molar-refractivity contribution in [2.75, 3.05) is 66.1 Å². The molecule has 52 heteroatoms. The zero-order valence-corrected chi connectivity index (χ0v) is 83.4. The Morgan fingerprint density at radius 2 is 0.541 bits per heavy atom. The molecular formula is C94H166N4O48. The minimum absolute atomic E-state index is 0.129. The number of allylic oxidation sites excluding steroid dienone is 1. The Bertz CT molecular complexity index is 3700. The average Bonchev–Trinajstić information content (AvgIpc) is 0.763. The van der Waals surface area contributed by atoms with E-state index in [0.717, 1.165) is 85.0 Å². The molecule has 52 nitrogen and oxygen atoms in total. The SMILES string of the molecule is CCCCCCCCCCCCC/C=C/[C@@H](O)[C@H](CO[C@@H]1OC(CO)[C@@H](O[C@@H]2OC(CO)[C@H](O)[C@H](O[C@@H]3OC(CO)[C@@H](O[C@@H]4OC(CO[C@@H]5OC(CO)[C@@H](O[C@@H]6OC(CO)[C@H](O)[C@H](O[C@@H]7OC(CO)[C@H](O)[C@H](O)C7O)C6O)[C@H](O)C5NC(C)=O)[C@H](O)[C@H](O[C@@H]5OC(CO)[C@@H](O[C@@H]6OC(CO)[C@H](O)[C@H](O)C6O)[C@H](O)C5NC(C)=O)C4O)[C@H](O)C3NC(C)=O)C2O)[C@H](O)C1O)NC(=O)CCCCCCCCCCCCCCC. The fourth-order valence-corrected chi connectivity index (χ4v) is 19.5. The molecule has 47 atom stereocenters. The fourth-order valence-electron chi connectivity index (χ4n) is 19.5. The van der Waals surface area contributed by atoms with Crippen LogP contribution in [0.5, 0.6) is 0 Å². The van der Waals surface area contributed by atoms with E-state index in [1.165, 1.54) is 83.5 Å². The highest BCUT2D eigenvalue weighted by Crippen LogP contribution is 2.41. The summed E-state index contributed by atoms with van der Waals surface area (Å²) >= 11 is 0. The number of nitrogens with one attached hydrogen (secondary N) is 4. The highest BCUT2D eigenvalue weighted by atomic mass is 16.8. The molecular weight excluding hydrogens is 1950 g/mol. The largest absolute Gasteiger partial charge is 0.394 e. The monoisotopic (exact) mass is 2120 g/mol. The van der Waals surface area contributed by atoms with Crippen molar-refractivity contribution in [2.24, 2.45) is 0 Å². The smallest absolute Gasteiger partial charge is 0.220 e. The molecule has 0 saturated carbocycles. The van der Waals surface area contributed by atoms with Gasteiger partial charge in [0.2, 0.25) is 23.6 Å². The quantitative estimate of drug-likeness (QED) is 0.0199. The summed E-state index contributed by atoms with van der Waals surface area (Å²) in [4.78, 5) is 53.3. The summed E-state index contributed by atoms with van der Waals surface area (Å²) in [6.07, 6.45) is -57.1. The lowest BCUT2D eigenvalue weighted by Crippen LogP contribution is -2.71. The lowest BCUT2D eigenvalue weighted by Gasteiger charge is -2.51. The number of aliphatic hydroxyl groups is 26. The molecule has 146 heavy (non-hydrogen) atoms. The van der Waals surface area contributed by atoms with Crippen molar-refractivity contribution in [3.8, 4) is 0 Å². The fraction of sp³-hybridized carbons (Fsp3) is 0.936. The summed E-state index contributed by atoms with van der Waals surface area (Å²) in [5, 5.41) is 304. The molecule has 18 unspecified atom stereocenters. The summed E-state index contributed by atoms with van der Waals surface area (Å²) in [6, 6.07) is -7.04. The Morgan fingerprint density at radius 1 is 0.274 bits per heavy atom. The number of ether oxygens (including phenoxy) is 18. The molecule has 0 aliphatic carbocycles. The van der Waals surface area contributed by atoms with Gasteiger partial charge in [0.25, 0.3) is 0 Å². The Balaban J connectivity index is 0.926. The van der Waals surface area contributed by atoms with Gasteiger partial charge in [-0.3, -0.25) is 19.2 Å². The predicted octanol–water partition coefficient (Wildman–Crippen LogP) is -9.59. The van der Waals surface area contributed by atoms with Gasteiger partial charge in [-0.1, -0.05) is 167 Å². The van der Waals surface area contributed by atoms with Crippen LogP contribution in [0.4, 0.5) is 0 Å². The van der Waals surface area contributed by atoms with Gasteiger partial charge in [0.1, 0.15) is 220 Å². The average molecular weight is 2120 g/mol. The van der Waals surface area contributed by atoms with Crippen LogP contribution >= 0.6 is 0 Å². The lowest BCUT2D eigenvalue weighted by atomic mass is 9.93. The third-order valence-electron chi connectivity index (χ3n) is 27.9. The molecule has 9 saturated heterocycles. The Labute approximate surface area is 846 Å². The number of carbonyl (C=O) groups excluding carboxylic acids is 4. The first-order valence-corrected chi connectivity index (χ1v) is 51.5. The minimum atomic E-state index is -2.52. The van der Waals surface area contributed by atoms with Gasteiger partial charge in [-0.2, -0.15) is 0 Å². The van der Waals surface area contributed by atoms with Crippen LogP contribution in [0.15, 0.2) is 12.2 Å². The maximum Gasteiger partial charge on any atom is 0.220 e. The summed E-state index contributed by atoms with van der Waals surface area (Å²) in [6.45, 7) is -3.06. The Kier molecular flexibility index (Phi) is 54.2. The number of hydrogen-bond acceptors (Lipinski definition) is 48. The van der Waals surface area contributed by atoms with Crippen molar-refractivity contribution in [1.29, 1.82) is 0 Å². The predicted molar refractivity (Wildman–Crippen MR) is 494 cm³/mol. The van der Waals surface area contributed by atoms with Gasteiger partial charge < -0.3 is 239 Å². The first-order valence-electron chi connectivity index (χ1n) is 51.5. The topological polar surface area (TPSA) is 809 Å². The summed E-state index contributed by atoms with van der Waals surface area (Å²) in [5.41, 5.74) is 0. The highest BCUT2D eigenvalue weighted by Gasteiger charge is 2.61. The lowest BCUT2D eigenvalue weighted by molar-refractivity contribution is -0.390. The molecule has 30 N–H and O–H groups in total. The van der Waals surface area contributed by atoms with E-state index in [1.807, 2.05) is 6.08 Å². The second kappa shape index (κ2) is 63.2. The van der Waals surface area contributed by atoms with Gasteiger partial charge in [-0.25, -0.2) is 0 Å². The Hall–Kier alpha value is -4.14. The molecule has 0 aromatic rings. The van der Waals surface area contributed by atoms with Crippen molar-refractivity contribution >= 4 is 23.6 Å². The molecule has 0 aromatic carbocycles. The molecule has 9 heterocycles. The molecule has 9 aliphatic rings. The van der Waals surface area contributed by atoms with E-state index in [-0.39, 0.29) is 12.3 Å². The normalized spacial score (nSPS) is 40.8. The number of amides is 4. The molecule has 0 spiro atoms. The maximum atomic E-state index is 13.6. The van der Waals surface area contributed by atoms with Crippen LogP contribution < -0.4 is 21.3 Å². The first-order chi connectivity index (χ1) is 69.9. The third kappa shape index (κ3) is 34.4. The summed E-state index contributed by atoms with van der Waals surface area (Å²) in [5.74, 6) is -3.28. The molecule has 850 valence electrons. The number of unbranched alkanes of at least 4 members (excludes halogenated alkanes) is 23. The minimum Gasteiger partial charge on any atom is -0.394 e. The van der Waals surface area contributed by atoms with Crippen LogP contribution in [0, 0.1) is 0 Å². The van der Waals surface area contributed by atoms with Gasteiger partial charge in [0, 0.05) is 27.2 Å². The summed E-state index contributed by atoms with van der Waals surface area (Å²) in [7, 11) is 0. The van der Waals surface area contributed by atoms with E-state index in [4.69, 9.17) is 85.3 Å². The van der Waals surface area contributed by atoms with Crippen molar-refractivity contribution in [3.05, 3.63) is 12.2 Å². The van der Waals surface area contributed by atoms with Gasteiger partial charge in [-0.05, 0) is 19.3 Å². The van der Waals surface area contributed by atoms with E-state index >= 15 is 0 Å². The van der Waals surface area contributed by atoms with Gasteiger partial charge in [0.05, 0.1) is 78.2 Å². The zero-order valence-electron chi connectivity index (χ0n) is 83.4. The Morgan fingerprint density at radius 3 is 0.890 bits per heavy atom. The number of aliphatic hydroxyl groups excluding tert-OH is 26. The van der Waals surface area contributed by atoms with Crippen LogP contribution in [0.25, 0.3) is 0 Å². The second-order valence-electron chi connectivity index (χ2n) is 39.1. The second-order valence-corrected chi connectivity index (χ2v) is 39.1. The van der Waals surface area contributed by atoms with Crippen molar-refractivity contribution < 1.29 is 237 Å². The summed E-state index contributed by atoms with van der Waals surface area (Å²) < 4.78 is 108. The van der Waals surface area contributed by atoms with Gasteiger partial charge in [-0.15, -0.1) is 0 Å². The zero-order chi connectivity index (χ0) is 107. The van der Waals surface area contributed by atoms with E-state index in [2.05, 4.69) is 35.1 Å². The molecule has 4 amide bonds. The van der Waals surface area contributed by atoms with E-state index < -0.39 is 372 Å². The molecule has 9 fully saturated rings. The number of hydrogen-bond donors (Lipinski definition) is 30. The van der Waals surface area contributed by atoms with Crippen LogP contribution in [-0.4, -0.2) is 511 Å². The first kappa shape index (κ1) is 125. The van der Waals surface area contributed by atoms with Crippen molar-refractivity contribution in [3.63, 3.8) is 0 Å². The van der Waals surface area contributed by atoms with E-state index in [1.54, 1.807) is 6.08 Å². The molecule has 0 radical (unpaired) electrons. The van der Waals surface area contributed by atoms with E-state index in [9.17, 15) is 152 Å². The molecule has 0 bridgehead atoms. The van der Waals surface area contributed by atoms with Gasteiger partial charge in [0.15, 0.2) is 56.6 Å². The molecule has 9 rings (SSSR count). The standard InChI is InChI=1S/C94H166N4O48/c1-6-8-10-12-14-16-18-20-22-24-26-28-30-32-48(110)47(98-58(111)33-31-29-27-25-23-21-19-17-15-13-11-9-7-2)42-129-89-75(125)72(122)82(56(41-106)138-89)143-93-76(126)83(64(114)51(36-101)134-93)144-87-61(97-46(5)109)69(119)81(55(40-105)137-87)142-94-78(128)85(145-88-60(96-45(4)108)68(118)80(54(39-104)136-88)140-90-73(123)70(120)62(112)49(34-99)131-90)66(116)57(139-94)43-130-86-59(95-44(3)107)67(117)79(53(38-103)135-86)141-92-77(127)84(65(115)52(37-102)133-92)146-91-74(124)71(121)63(113)50(35-100)132-91/h30,32,47-57,59-94,99-106,110,112-128H,6-29,31,33-43H2,1-5H3,(H,95,107)(H,96,108)(H,97,109)(H,98,111)/b32-30+/t47-,48+,49?,50?,51?,52?,53?,54?,55?,56?,57?,59?,60?,61?,62-,63-,64-,65-,66-,67+,68+,69+,70-,71-,72+,73?,74?,75?,76?,77?,78?,79+,80+,81+,82+,83-,84-,85-,86+,87-,88-,89+,90-,91-,92-,93-,94-/m0/s1.